The van der Waals surface area contributed by atoms with Gasteiger partial charge in [0.05, 0.1) is 0 Å². The van der Waals surface area contributed by atoms with Gasteiger partial charge in [-0.25, -0.2) is 0 Å². The molecule has 0 unspecified atom stereocenters. The molecule has 0 heterocycles. The quantitative estimate of drug-likeness (QED) is 0.156. The molecular weight excluding hydrogens is 844 g/mol. The summed E-state index contributed by atoms with van der Waals surface area (Å²) >= 11 is 0. The first-order chi connectivity index (χ1) is 20.8. The largest absolute Gasteiger partial charge is 0.394 e. The standard InChI is InChI=1S/12C3H8O.3Al.La/c12*1-3(2)4;;;;/h12*3-4H,1-2H3;;;;. The van der Waals surface area contributed by atoms with E-state index in [-0.39, 0.29) is 161 Å². The molecule has 16 heteroatoms. The van der Waals surface area contributed by atoms with Gasteiger partial charge in [-0.15, -0.1) is 0 Å². The van der Waals surface area contributed by atoms with Crippen molar-refractivity contribution in [1.29, 1.82) is 0 Å². The molecule has 12 nitrogen and oxygen atoms in total. The van der Waals surface area contributed by atoms with Crippen LogP contribution in [0.4, 0.5) is 0 Å². The van der Waals surface area contributed by atoms with Crippen molar-refractivity contribution in [3.8, 4) is 0 Å². The minimum Gasteiger partial charge on any atom is -0.394 e. The normalized spacial score (nSPS) is 8.31. The van der Waals surface area contributed by atoms with Crippen LogP contribution in [-0.4, -0.2) is 187 Å². The van der Waals surface area contributed by atoms with Gasteiger partial charge < -0.3 is 61.3 Å². The van der Waals surface area contributed by atoms with E-state index in [1.54, 1.807) is 166 Å². The van der Waals surface area contributed by atoms with Gasteiger partial charge in [0.25, 0.3) is 0 Å². The monoisotopic (exact) mass is 941 g/mol. The van der Waals surface area contributed by atoms with E-state index in [0.29, 0.717) is 0 Å². The first-order valence-electron chi connectivity index (χ1n) is 17.0. The first-order valence-corrected chi connectivity index (χ1v) is 17.0. The van der Waals surface area contributed by atoms with Crippen molar-refractivity contribution in [3.05, 3.63) is 0 Å². The predicted molar refractivity (Wildman–Crippen MR) is 226 cm³/mol. The van der Waals surface area contributed by atoms with Crippen LogP contribution >= 0.6 is 0 Å². The van der Waals surface area contributed by atoms with Gasteiger partial charge >= 0.3 is 0 Å². The minimum atomic E-state index is -0.167. The zero-order valence-corrected chi connectivity index (χ0v) is 45.7. The Labute approximate surface area is 385 Å². The average molecular weight is 941 g/mol. The molecule has 0 rings (SSSR count). The van der Waals surface area contributed by atoms with E-state index in [2.05, 4.69) is 0 Å². The molecular formula is C36H96Al3LaO12. The van der Waals surface area contributed by atoms with E-state index < -0.39 is 0 Å². The van der Waals surface area contributed by atoms with Gasteiger partial charge in [-0.05, 0) is 166 Å². The van der Waals surface area contributed by atoms with Gasteiger partial charge in [-0.2, -0.15) is 0 Å². The average Bonchev–Trinajstić information content (AvgIpc) is 2.61. The van der Waals surface area contributed by atoms with Gasteiger partial charge in [-0.3, -0.25) is 0 Å². The second-order valence-corrected chi connectivity index (χ2v) is 13.1. The van der Waals surface area contributed by atoms with E-state index in [0.717, 1.165) is 0 Å². The van der Waals surface area contributed by atoms with Crippen molar-refractivity contribution in [2.24, 2.45) is 0 Å². The molecule has 0 aliphatic carbocycles. The molecule has 0 aromatic rings. The van der Waals surface area contributed by atoms with E-state index in [4.69, 9.17) is 61.3 Å². The number of hydrogen-bond acceptors (Lipinski definition) is 12. The molecule has 0 aliphatic rings. The maximum Gasteiger partial charge on any atom is 0.0483 e. The summed E-state index contributed by atoms with van der Waals surface area (Å²) in [4.78, 5) is 0. The fraction of sp³-hybridized carbons (Fsp3) is 1.00. The Morgan fingerprint density at radius 3 is 0.154 bits per heavy atom. The Kier molecular flexibility index (Phi) is 201. The molecule has 0 saturated heterocycles. The van der Waals surface area contributed by atoms with Crippen molar-refractivity contribution in [2.75, 3.05) is 0 Å². The van der Waals surface area contributed by atoms with Gasteiger partial charge in [0.2, 0.25) is 0 Å². The number of rotatable bonds is 0. The molecule has 52 heavy (non-hydrogen) atoms. The van der Waals surface area contributed by atoms with Gasteiger partial charge in [0, 0.05) is 161 Å². The van der Waals surface area contributed by atoms with Crippen LogP contribution in [0.1, 0.15) is 166 Å². The Bertz CT molecular complexity index is 249. The molecule has 10 radical (unpaired) electrons. The van der Waals surface area contributed by atoms with Crippen LogP contribution in [-0.2, 0) is 0 Å². The molecule has 0 amide bonds. The van der Waals surface area contributed by atoms with Crippen LogP contribution in [0.5, 0.6) is 0 Å². The van der Waals surface area contributed by atoms with Gasteiger partial charge in [0.15, 0.2) is 0 Å². The minimum absolute atomic E-state index is 0. The molecule has 0 aromatic heterocycles. The summed E-state index contributed by atoms with van der Waals surface area (Å²) in [6, 6.07) is 0. The maximum atomic E-state index is 8.06. The summed E-state index contributed by atoms with van der Waals surface area (Å²) in [5, 5.41) is 96.7. The van der Waals surface area contributed by atoms with Crippen molar-refractivity contribution >= 4 is 52.1 Å². The third-order valence-electron chi connectivity index (χ3n) is 0. The first kappa shape index (κ1) is 105. The zero-order chi connectivity index (χ0) is 42.9. The summed E-state index contributed by atoms with van der Waals surface area (Å²) in [6.45, 7) is 41.3. The van der Waals surface area contributed by atoms with Gasteiger partial charge in [0.1, 0.15) is 0 Å². The molecule has 12 N–H and O–H groups in total. The van der Waals surface area contributed by atoms with Crippen molar-refractivity contribution < 1.29 is 96.9 Å². The molecule has 0 saturated carbocycles. The van der Waals surface area contributed by atoms with E-state index >= 15 is 0 Å². The van der Waals surface area contributed by atoms with Crippen LogP contribution in [0, 0.1) is 35.6 Å². The van der Waals surface area contributed by atoms with Crippen molar-refractivity contribution in [1.82, 2.24) is 0 Å². The molecule has 0 aromatic carbocycles. The van der Waals surface area contributed by atoms with E-state index in [9.17, 15) is 0 Å². The van der Waals surface area contributed by atoms with Crippen LogP contribution in [0.3, 0.4) is 0 Å². The molecule has 0 bridgehead atoms. The number of aliphatic hydroxyl groups is 12. The van der Waals surface area contributed by atoms with E-state index in [1.165, 1.54) is 0 Å². The molecule has 0 spiro atoms. The fourth-order valence-electron chi connectivity index (χ4n) is 0. The smallest absolute Gasteiger partial charge is 0.0483 e. The van der Waals surface area contributed by atoms with E-state index in [1.807, 2.05) is 0 Å². The summed E-state index contributed by atoms with van der Waals surface area (Å²) in [7, 11) is 0. The Hall–Kier alpha value is 2.31. The molecule has 0 fully saturated rings. The molecule has 0 atom stereocenters. The topological polar surface area (TPSA) is 243 Å². The summed E-state index contributed by atoms with van der Waals surface area (Å²) in [5.74, 6) is 0. The van der Waals surface area contributed by atoms with Crippen LogP contribution < -0.4 is 0 Å². The third-order valence-corrected chi connectivity index (χ3v) is 0. The number of hydrogen-bond donors (Lipinski definition) is 12. The number of aliphatic hydroxyl groups excluding tert-OH is 12. The zero-order valence-electron chi connectivity index (χ0n) is 38.6. The fourth-order valence-corrected chi connectivity index (χ4v) is 0. The summed E-state index contributed by atoms with van der Waals surface area (Å²) < 4.78 is 0. The summed E-state index contributed by atoms with van der Waals surface area (Å²) in [5.41, 5.74) is 0. The predicted octanol–water partition coefficient (Wildman–Crippen LogP) is 3.50. The van der Waals surface area contributed by atoms with Crippen LogP contribution in [0.2, 0.25) is 0 Å². The SMILES string of the molecule is CC(C)O.CC(C)O.CC(C)O.CC(C)O.CC(C)O.CC(C)O.CC(C)O.CC(C)O.CC(C)O.CC(C)O.CC(C)O.CC(C)O.[Al].[Al].[Al].[La]. The Morgan fingerprint density at radius 2 is 0.154 bits per heavy atom. The van der Waals surface area contributed by atoms with Crippen LogP contribution in [0.25, 0.3) is 0 Å². The molecule has 0 aliphatic heterocycles. The maximum absolute atomic E-state index is 8.06. The summed E-state index contributed by atoms with van der Waals surface area (Å²) in [6.07, 6.45) is -2.00. The Balaban J connectivity index is -0.0000000193. The Morgan fingerprint density at radius 1 is 0.154 bits per heavy atom. The van der Waals surface area contributed by atoms with Crippen molar-refractivity contribution in [3.63, 3.8) is 0 Å². The third kappa shape index (κ3) is 25800. The molecule has 324 valence electrons. The van der Waals surface area contributed by atoms with Gasteiger partial charge in [-0.1, -0.05) is 0 Å². The van der Waals surface area contributed by atoms with Crippen LogP contribution in [0.15, 0.2) is 0 Å². The van der Waals surface area contributed by atoms with Crippen molar-refractivity contribution in [2.45, 2.75) is 239 Å². The second kappa shape index (κ2) is 99.4. The second-order valence-electron chi connectivity index (χ2n) is 13.1.